The predicted molar refractivity (Wildman–Crippen MR) is 68.7 cm³/mol. The van der Waals surface area contributed by atoms with Gasteiger partial charge in [0.1, 0.15) is 0 Å². The summed E-state index contributed by atoms with van der Waals surface area (Å²) in [6.45, 7) is 9.89. The molecule has 0 aliphatic rings. The zero-order valence-electron chi connectivity index (χ0n) is 10.6. The molecule has 0 fully saturated rings. The van der Waals surface area contributed by atoms with Crippen molar-refractivity contribution in [1.29, 1.82) is 0 Å². The molecule has 0 atom stereocenters. The molecule has 0 N–H and O–H groups in total. The summed E-state index contributed by atoms with van der Waals surface area (Å²) in [6, 6.07) is 4.43. The summed E-state index contributed by atoms with van der Waals surface area (Å²) in [5.74, 6) is 0.740. The highest BCUT2D eigenvalue weighted by Crippen LogP contribution is 2.19. The molecule has 0 saturated heterocycles. The third kappa shape index (κ3) is 2.11. The second-order valence-electron chi connectivity index (χ2n) is 5.05. The second-order valence-corrected chi connectivity index (χ2v) is 5.05. The van der Waals surface area contributed by atoms with E-state index in [1.165, 1.54) is 23.1 Å². The standard InChI is InChI=1S/C14H20N2/c1-10(2)5-6-16-9-15-13-7-11(3)12(4)8-14(13)16/h7-10H,5-6H2,1-4H3. The Balaban J connectivity index is 2.36. The van der Waals surface area contributed by atoms with E-state index in [2.05, 4.69) is 49.4 Å². The van der Waals surface area contributed by atoms with Crippen LogP contribution in [0.4, 0.5) is 0 Å². The number of hydrogen-bond donors (Lipinski definition) is 0. The van der Waals surface area contributed by atoms with Crippen LogP contribution in [-0.2, 0) is 6.54 Å². The lowest BCUT2D eigenvalue weighted by Gasteiger charge is -2.07. The van der Waals surface area contributed by atoms with Crippen molar-refractivity contribution in [2.24, 2.45) is 5.92 Å². The average molecular weight is 216 g/mol. The molecule has 0 aliphatic heterocycles. The van der Waals surface area contributed by atoms with E-state index in [4.69, 9.17) is 0 Å². The van der Waals surface area contributed by atoms with Crippen molar-refractivity contribution in [2.75, 3.05) is 0 Å². The fourth-order valence-electron chi connectivity index (χ4n) is 1.89. The Bertz CT molecular complexity index is 495. The van der Waals surface area contributed by atoms with Gasteiger partial charge < -0.3 is 4.57 Å². The van der Waals surface area contributed by atoms with E-state index in [0.29, 0.717) is 0 Å². The highest BCUT2D eigenvalue weighted by atomic mass is 15.0. The van der Waals surface area contributed by atoms with Gasteiger partial charge in [0.2, 0.25) is 0 Å². The first kappa shape index (κ1) is 11.2. The van der Waals surface area contributed by atoms with Crippen LogP contribution in [0.25, 0.3) is 11.0 Å². The summed E-state index contributed by atoms with van der Waals surface area (Å²) in [5, 5.41) is 0. The topological polar surface area (TPSA) is 17.8 Å². The van der Waals surface area contributed by atoms with E-state index in [0.717, 1.165) is 18.0 Å². The number of benzene rings is 1. The Morgan fingerprint density at radius 3 is 2.56 bits per heavy atom. The zero-order chi connectivity index (χ0) is 11.7. The molecule has 0 aliphatic carbocycles. The van der Waals surface area contributed by atoms with E-state index in [1.54, 1.807) is 0 Å². The van der Waals surface area contributed by atoms with Crippen LogP contribution in [-0.4, -0.2) is 9.55 Å². The number of imidazole rings is 1. The molecule has 86 valence electrons. The average Bonchev–Trinajstić information content (AvgIpc) is 2.58. The molecule has 16 heavy (non-hydrogen) atoms. The molecule has 0 unspecified atom stereocenters. The van der Waals surface area contributed by atoms with Gasteiger partial charge in [-0.2, -0.15) is 0 Å². The van der Waals surface area contributed by atoms with Crippen molar-refractivity contribution in [2.45, 2.75) is 40.7 Å². The summed E-state index contributed by atoms with van der Waals surface area (Å²) >= 11 is 0. The Morgan fingerprint density at radius 1 is 1.19 bits per heavy atom. The lowest BCUT2D eigenvalue weighted by atomic mass is 10.1. The fraction of sp³-hybridized carbons (Fsp3) is 0.500. The van der Waals surface area contributed by atoms with Crippen molar-refractivity contribution in [3.63, 3.8) is 0 Å². The van der Waals surface area contributed by atoms with Gasteiger partial charge in [-0.25, -0.2) is 4.98 Å². The van der Waals surface area contributed by atoms with Gasteiger partial charge in [0.25, 0.3) is 0 Å². The van der Waals surface area contributed by atoms with Gasteiger partial charge in [-0.1, -0.05) is 13.8 Å². The first-order valence-electron chi connectivity index (χ1n) is 6.00. The number of hydrogen-bond acceptors (Lipinski definition) is 1. The molecule has 0 spiro atoms. The van der Waals surface area contributed by atoms with Gasteiger partial charge in [0, 0.05) is 6.54 Å². The van der Waals surface area contributed by atoms with Crippen molar-refractivity contribution in [1.82, 2.24) is 9.55 Å². The van der Waals surface area contributed by atoms with Gasteiger partial charge >= 0.3 is 0 Å². The van der Waals surface area contributed by atoms with E-state index in [-0.39, 0.29) is 0 Å². The fourth-order valence-corrected chi connectivity index (χ4v) is 1.89. The van der Waals surface area contributed by atoms with Gasteiger partial charge in [-0.3, -0.25) is 0 Å². The van der Waals surface area contributed by atoms with Crippen molar-refractivity contribution < 1.29 is 0 Å². The summed E-state index contributed by atoms with van der Waals surface area (Å²) in [6.07, 6.45) is 3.17. The van der Waals surface area contributed by atoms with E-state index in [9.17, 15) is 0 Å². The van der Waals surface area contributed by atoms with Crippen LogP contribution in [0.2, 0.25) is 0 Å². The minimum Gasteiger partial charge on any atom is -0.331 e. The molecule has 2 rings (SSSR count). The van der Waals surface area contributed by atoms with Crippen LogP contribution < -0.4 is 0 Å². The maximum atomic E-state index is 4.46. The SMILES string of the molecule is Cc1cc2ncn(CCC(C)C)c2cc1C. The quantitative estimate of drug-likeness (QED) is 0.765. The molecule has 1 aromatic carbocycles. The third-order valence-corrected chi connectivity index (χ3v) is 3.18. The summed E-state index contributed by atoms with van der Waals surface area (Å²) < 4.78 is 2.27. The monoisotopic (exact) mass is 216 g/mol. The molecule has 1 aromatic heterocycles. The van der Waals surface area contributed by atoms with Crippen molar-refractivity contribution in [3.8, 4) is 0 Å². The van der Waals surface area contributed by atoms with E-state index < -0.39 is 0 Å². The van der Waals surface area contributed by atoms with Gasteiger partial charge in [0.05, 0.1) is 17.4 Å². The van der Waals surface area contributed by atoms with Gasteiger partial charge in [-0.15, -0.1) is 0 Å². The molecule has 2 nitrogen and oxygen atoms in total. The minimum absolute atomic E-state index is 0.740. The smallest absolute Gasteiger partial charge is 0.0958 e. The molecule has 0 radical (unpaired) electrons. The van der Waals surface area contributed by atoms with Crippen molar-refractivity contribution in [3.05, 3.63) is 29.6 Å². The Morgan fingerprint density at radius 2 is 1.88 bits per heavy atom. The summed E-state index contributed by atoms with van der Waals surface area (Å²) in [4.78, 5) is 4.46. The highest BCUT2D eigenvalue weighted by molar-refractivity contribution is 5.77. The Hall–Kier alpha value is -1.31. The molecule has 2 heteroatoms. The summed E-state index contributed by atoms with van der Waals surface area (Å²) in [5.41, 5.74) is 5.05. The number of fused-ring (bicyclic) bond motifs is 1. The first-order valence-corrected chi connectivity index (χ1v) is 6.00. The number of nitrogens with zero attached hydrogens (tertiary/aromatic N) is 2. The second kappa shape index (κ2) is 4.28. The molecule has 0 amide bonds. The minimum atomic E-state index is 0.740. The maximum absolute atomic E-state index is 4.46. The lowest BCUT2D eigenvalue weighted by Crippen LogP contribution is -2.00. The molecular weight excluding hydrogens is 196 g/mol. The number of aromatic nitrogens is 2. The third-order valence-electron chi connectivity index (χ3n) is 3.18. The lowest BCUT2D eigenvalue weighted by molar-refractivity contribution is 0.523. The van der Waals surface area contributed by atoms with Crippen LogP contribution >= 0.6 is 0 Å². The van der Waals surface area contributed by atoms with E-state index in [1.807, 2.05) is 6.33 Å². The predicted octanol–water partition coefficient (Wildman–Crippen LogP) is 3.70. The first-order chi connectivity index (χ1) is 7.58. The van der Waals surface area contributed by atoms with Gasteiger partial charge in [-0.05, 0) is 49.4 Å². The van der Waals surface area contributed by atoms with Gasteiger partial charge in [0.15, 0.2) is 0 Å². The maximum Gasteiger partial charge on any atom is 0.0958 e. The van der Waals surface area contributed by atoms with Crippen LogP contribution in [0.5, 0.6) is 0 Å². The van der Waals surface area contributed by atoms with Crippen LogP contribution in [0.1, 0.15) is 31.4 Å². The largest absolute Gasteiger partial charge is 0.331 e. The molecular formula is C14H20N2. The van der Waals surface area contributed by atoms with Crippen LogP contribution in [0, 0.1) is 19.8 Å². The summed E-state index contributed by atoms with van der Waals surface area (Å²) in [7, 11) is 0. The Kier molecular flexibility index (Phi) is 2.99. The molecule has 0 bridgehead atoms. The molecule has 0 saturated carbocycles. The van der Waals surface area contributed by atoms with Crippen LogP contribution in [0.15, 0.2) is 18.5 Å². The Labute approximate surface area is 97.3 Å². The number of aryl methyl sites for hydroxylation is 3. The van der Waals surface area contributed by atoms with Crippen LogP contribution in [0.3, 0.4) is 0 Å². The highest BCUT2D eigenvalue weighted by Gasteiger charge is 2.05. The molecule has 1 heterocycles. The molecule has 2 aromatic rings. The number of rotatable bonds is 3. The zero-order valence-corrected chi connectivity index (χ0v) is 10.6. The normalized spacial score (nSPS) is 11.6. The van der Waals surface area contributed by atoms with Crippen molar-refractivity contribution >= 4 is 11.0 Å². The van der Waals surface area contributed by atoms with E-state index >= 15 is 0 Å².